The highest BCUT2D eigenvalue weighted by Gasteiger charge is 2.18. The number of hydrogen-bond acceptors (Lipinski definition) is 5. The van der Waals surface area contributed by atoms with E-state index in [1.54, 1.807) is 20.2 Å². The van der Waals surface area contributed by atoms with Gasteiger partial charge in [-0.25, -0.2) is 4.98 Å². The smallest absolute Gasteiger partial charge is 0.278 e. The molecule has 0 radical (unpaired) electrons. The maximum atomic E-state index is 11.0. The van der Waals surface area contributed by atoms with Crippen LogP contribution in [-0.4, -0.2) is 19.5 Å². The minimum Gasteiger partial charge on any atom is -0.331 e. The van der Waals surface area contributed by atoms with Gasteiger partial charge in [-0.15, -0.1) is 0 Å². The van der Waals surface area contributed by atoms with Crippen LogP contribution in [0, 0.1) is 24.0 Å². The van der Waals surface area contributed by atoms with E-state index in [2.05, 4.69) is 9.97 Å². The van der Waals surface area contributed by atoms with Gasteiger partial charge in [-0.1, -0.05) is 0 Å². The fourth-order valence-corrected chi connectivity index (χ4v) is 1.98. The van der Waals surface area contributed by atoms with Crippen molar-refractivity contribution in [2.24, 2.45) is 5.73 Å². The Bertz CT molecular complexity index is 621. The first-order chi connectivity index (χ1) is 9.02. The number of hydrogen-bond donors (Lipinski definition) is 1. The molecule has 7 heteroatoms. The average Bonchev–Trinajstić information content (AvgIpc) is 2.80. The third-order valence-corrected chi connectivity index (χ3v) is 2.99. The zero-order valence-corrected chi connectivity index (χ0v) is 10.8. The zero-order valence-electron chi connectivity index (χ0n) is 10.8. The van der Waals surface area contributed by atoms with Gasteiger partial charge in [0.25, 0.3) is 5.69 Å². The lowest BCUT2D eigenvalue weighted by Crippen LogP contribution is -2.06. The largest absolute Gasteiger partial charge is 0.331 e. The Morgan fingerprint density at radius 1 is 1.42 bits per heavy atom. The highest BCUT2D eigenvalue weighted by Crippen LogP contribution is 2.24. The van der Waals surface area contributed by atoms with Crippen LogP contribution in [0.5, 0.6) is 0 Å². The molecule has 0 spiro atoms. The van der Waals surface area contributed by atoms with Crippen LogP contribution in [0.15, 0.2) is 18.7 Å². The molecule has 7 nitrogen and oxygen atoms in total. The maximum Gasteiger partial charge on any atom is 0.278 e. The minimum absolute atomic E-state index is 0.129. The van der Waals surface area contributed by atoms with E-state index in [0.717, 1.165) is 5.69 Å². The van der Waals surface area contributed by atoms with Gasteiger partial charge in [-0.3, -0.25) is 15.1 Å². The van der Waals surface area contributed by atoms with Crippen molar-refractivity contribution in [3.8, 4) is 0 Å². The van der Waals surface area contributed by atoms with Crippen LogP contribution < -0.4 is 5.73 Å². The molecule has 0 bridgehead atoms. The summed E-state index contributed by atoms with van der Waals surface area (Å²) in [5.41, 5.74) is 8.22. The van der Waals surface area contributed by atoms with Crippen molar-refractivity contribution in [1.82, 2.24) is 14.5 Å². The zero-order chi connectivity index (χ0) is 14.0. The van der Waals surface area contributed by atoms with Crippen molar-refractivity contribution in [1.29, 1.82) is 0 Å². The van der Waals surface area contributed by atoms with Crippen LogP contribution >= 0.6 is 0 Å². The van der Waals surface area contributed by atoms with Gasteiger partial charge in [-0.2, -0.15) is 0 Å². The summed E-state index contributed by atoms with van der Waals surface area (Å²) in [6.45, 7) is 4.22. The molecule has 0 aromatic carbocycles. The van der Waals surface area contributed by atoms with Crippen molar-refractivity contribution in [2.75, 3.05) is 0 Å². The predicted molar refractivity (Wildman–Crippen MR) is 69.6 cm³/mol. The standard InChI is InChI=1S/C12H15N5O2/c1-8-4-14-11(9(2)12(8)17(18)19)6-16-5-10(3-13)15-7-16/h4-5,7H,3,6,13H2,1-2H3. The molecule has 0 aliphatic heterocycles. The summed E-state index contributed by atoms with van der Waals surface area (Å²) >= 11 is 0. The lowest BCUT2D eigenvalue weighted by Gasteiger charge is -2.07. The number of imidazole rings is 1. The summed E-state index contributed by atoms with van der Waals surface area (Å²) in [7, 11) is 0. The van der Waals surface area contributed by atoms with Gasteiger partial charge in [0.2, 0.25) is 0 Å². The Morgan fingerprint density at radius 3 is 2.74 bits per heavy atom. The van der Waals surface area contributed by atoms with Crippen LogP contribution in [0.25, 0.3) is 0 Å². The second kappa shape index (κ2) is 5.15. The van der Waals surface area contributed by atoms with Crippen LogP contribution in [0.1, 0.15) is 22.5 Å². The quantitative estimate of drug-likeness (QED) is 0.660. The number of pyridine rings is 1. The highest BCUT2D eigenvalue weighted by atomic mass is 16.6. The van der Waals surface area contributed by atoms with Crippen LogP contribution in [0.4, 0.5) is 5.69 Å². The summed E-state index contributed by atoms with van der Waals surface area (Å²) < 4.78 is 1.82. The van der Waals surface area contributed by atoms with E-state index >= 15 is 0 Å². The number of nitrogens with zero attached hydrogens (tertiary/aromatic N) is 4. The summed E-state index contributed by atoms with van der Waals surface area (Å²) in [5.74, 6) is 0. The first-order valence-corrected chi connectivity index (χ1v) is 5.83. The Kier molecular flexibility index (Phi) is 3.57. The van der Waals surface area contributed by atoms with Crippen LogP contribution in [0.2, 0.25) is 0 Å². The Morgan fingerprint density at radius 2 is 2.16 bits per heavy atom. The van der Waals surface area contributed by atoms with Gasteiger partial charge < -0.3 is 10.3 Å². The molecule has 0 aliphatic carbocycles. The second-order valence-electron chi connectivity index (χ2n) is 4.36. The number of nitrogens with two attached hydrogens (primary N) is 1. The topological polar surface area (TPSA) is 99.9 Å². The summed E-state index contributed by atoms with van der Waals surface area (Å²) in [5, 5.41) is 11.0. The van der Waals surface area contributed by atoms with Crippen molar-refractivity contribution in [3.63, 3.8) is 0 Å². The summed E-state index contributed by atoms with van der Waals surface area (Å²) in [6, 6.07) is 0. The first kappa shape index (κ1) is 13.2. The lowest BCUT2D eigenvalue weighted by molar-refractivity contribution is -0.386. The van der Waals surface area contributed by atoms with Gasteiger partial charge in [-0.05, 0) is 13.8 Å². The molecule has 0 unspecified atom stereocenters. The molecule has 2 heterocycles. The SMILES string of the molecule is Cc1cnc(Cn2cnc(CN)c2)c(C)c1[N+](=O)[O-]. The molecular weight excluding hydrogens is 246 g/mol. The van der Waals surface area contributed by atoms with E-state index in [-0.39, 0.29) is 10.6 Å². The molecule has 19 heavy (non-hydrogen) atoms. The van der Waals surface area contributed by atoms with E-state index < -0.39 is 0 Å². The van der Waals surface area contributed by atoms with Gasteiger partial charge in [0.05, 0.1) is 34.7 Å². The predicted octanol–water partition coefficient (Wildman–Crippen LogP) is 1.31. The summed E-state index contributed by atoms with van der Waals surface area (Å²) in [4.78, 5) is 19.1. The van der Waals surface area contributed by atoms with E-state index in [1.807, 2.05) is 10.8 Å². The molecule has 2 aromatic rings. The van der Waals surface area contributed by atoms with E-state index in [9.17, 15) is 10.1 Å². The van der Waals surface area contributed by atoms with Crippen LogP contribution in [0.3, 0.4) is 0 Å². The third kappa shape index (κ3) is 2.60. The number of nitro groups is 1. The first-order valence-electron chi connectivity index (χ1n) is 5.83. The Balaban J connectivity index is 2.35. The lowest BCUT2D eigenvalue weighted by atomic mass is 10.1. The number of rotatable bonds is 4. The van der Waals surface area contributed by atoms with Crippen LogP contribution in [-0.2, 0) is 13.1 Å². The molecule has 0 amide bonds. The Labute approximate surface area is 110 Å². The van der Waals surface area contributed by atoms with Gasteiger partial charge in [0.1, 0.15) is 0 Å². The second-order valence-corrected chi connectivity index (χ2v) is 4.36. The molecule has 0 aliphatic rings. The fraction of sp³-hybridized carbons (Fsp3) is 0.333. The minimum atomic E-state index is -0.366. The molecule has 0 atom stereocenters. The number of aromatic nitrogens is 3. The maximum absolute atomic E-state index is 11.0. The van der Waals surface area contributed by atoms with Crippen molar-refractivity contribution >= 4 is 5.69 Å². The molecule has 2 aromatic heterocycles. The van der Waals surface area contributed by atoms with Gasteiger partial charge in [0, 0.05) is 24.5 Å². The average molecular weight is 261 g/mol. The molecule has 0 saturated carbocycles. The van der Waals surface area contributed by atoms with Crippen molar-refractivity contribution < 1.29 is 4.92 Å². The summed E-state index contributed by atoms with van der Waals surface area (Å²) in [6.07, 6.45) is 4.99. The Hall–Kier alpha value is -2.28. The number of aryl methyl sites for hydroxylation is 1. The molecule has 0 fully saturated rings. The van der Waals surface area contributed by atoms with Gasteiger partial charge in [0.15, 0.2) is 0 Å². The molecule has 100 valence electrons. The van der Waals surface area contributed by atoms with Crippen molar-refractivity contribution in [3.05, 3.63) is 51.4 Å². The molecule has 2 N–H and O–H groups in total. The van der Waals surface area contributed by atoms with Gasteiger partial charge >= 0.3 is 0 Å². The van der Waals surface area contributed by atoms with E-state index in [0.29, 0.717) is 29.9 Å². The fourth-order valence-electron chi connectivity index (χ4n) is 1.98. The molecular formula is C12H15N5O2. The van der Waals surface area contributed by atoms with E-state index in [1.165, 1.54) is 6.20 Å². The highest BCUT2D eigenvalue weighted by molar-refractivity contribution is 5.47. The van der Waals surface area contributed by atoms with Crippen molar-refractivity contribution in [2.45, 2.75) is 26.9 Å². The monoisotopic (exact) mass is 261 g/mol. The molecule has 0 saturated heterocycles. The third-order valence-electron chi connectivity index (χ3n) is 2.99. The normalized spacial score (nSPS) is 10.7. The van der Waals surface area contributed by atoms with E-state index in [4.69, 9.17) is 5.73 Å². The molecule has 2 rings (SSSR count).